The highest BCUT2D eigenvalue weighted by Gasteiger charge is 2.18. The molecule has 1 fully saturated rings. The number of furan rings is 1. The summed E-state index contributed by atoms with van der Waals surface area (Å²) < 4.78 is 5.81. The van der Waals surface area contributed by atoms with Crippen LogP contribution in [0.1, 0.15) is 24.2 Å². The number of hydrogen-bond acceptors (Lipinski definition) is 3. The number of nitrogens with zero attached hydrogens (tertiary/aromatic N) is 1. The fourth-order valence-corrected chi connectivity index (χ4v) is 2.65. The molecule has 3 nitrogen and oxygen atoms in total. The Bertz CT molecular complexity index is 512. The van der Waals surface area contributed by atoms with E-state index in [0.29, 0.717) is 6.54 Å². The van der Waals surface area contributed by atoms with Crippen molar-refractivity contribution in [3.05, 3.63) is 35.6 Å². The molecule has 1 aliphatic heterocycles. The Morgan fingerprint density at radius 3 is 2.71 bits per heavy atom. The van der Waals surface area contributed by atoms with Crippen molar-refractivity contribution >= 4 is 11.0 Å². The van der Waals surface area contributed by atoms with Gasteiger partial charge >= 0.3 is 0 Å². The Morgan fingerprint density at radius 1 is 1.18 bits per heavy atom. The van der Waals surface area contributed by atoms with Crippen molar-refractivity contribution in [1.29, 1.82) is 0 Å². The highest BCUT2D eigenvalue weighted by molar-refractivity contribution is 5.82. The van der Waals surface area contributed by atoms with E-state index in [9.17, 15) is 0 Å². The quantitative estimate of drug-likeness (QED) is 0.880. The minimum absolute atomic E-state index is 0.484. The molecule has 0 spiro atoms. The first-order valence-corrected chi connectivity index (χ1v) is 6.30. The summed E-state index contributed by atoms with van der Waals surface area (Å²) in [6.45, 7) is 3.86. The van der Waals surface area contributed by atoms with Crippen molar-refractivity contribution in [2.24, 2.45) is 5.73 Å². The number of likely N-dealkylation sites (tertiary alicyclic amines) is 1. The van der Waals surface area contributed by atoms with Crippen LogP contribution in [0.2, 0.25) is 0 Å². The first kappa shape index (κ1) is 10.8. The maximum atomic E-state index is 5.81. The van der Waals surface area contributed by atoms with Gasteiger partial charge in [0.2, 0.25) is 0 Å². The summed E-state index contributed by atoms with van der Waals surface area (Å²) in [4.78, 5) is 2.48. The highest BCUT2D eigenvalue weighted by atomic mass is 16.3. The normalized spacial score (nSPS) is 17.0. The van der Waals surface area contributed by atoms with E-state index in [1.54, 1.807) is 0 Å². The molecule has 2 aromatic rings. The number of hydrogen-bond donors (Lipinski definition) is 1. The van der Waals surface area contributed by atoms with E-state index < -0.39 is 0 Å². The molecule has 3 rings (SSSR count). The molecule has 1 saturated heterocycles. The van der Waals surface area contributed by atoms with Gasteiger partial charge in [0.1, 0.15) is 11.3 Å². The third-order valence-corrected chi connectivity index (χ3v) is 3.55. The molecule has 17 heavy (non-hydrogen) atoms. The standard InChI is InChI=1S/C14H18N2O/c15-9-14-12(10-16-7-3-4-8-16)11-5-1-2-6-13(11)17-14/h1-2,5-6H,3-4,7-10,15H2. The average Bonchev–Trinajstić information content (AvgIpc) is 2.98. The van der Waals surface area contributed by atoms with Crippen molar-refractivity contribution in [3.8, 4) is 0 Å². The van der Waals surface area contributed by atoms with Gasteiger partial charge in [0.25, 0.3) is 0 Å². The van der Waals surface area contributed by atoms with Crippen LogP contribution in [-0.4, -0.2) is 18.0 Å². The van der Waals surface area contributed by atoms with E-state index in [1.807, 2.05) is 12.1 Å². The van der Waals surface area contributed by atoms with Crippen LogP contribution in [0.4, 0.5) is 0 Å². The summed E-state index contributed by atoms with van der Waals surface area (Å²) in [6, 6.07) is 8.21. The Kier molecular flexibility index (Phi) is 2.87. The molecule has 1 aliphatic rings. The van der Waals surface area contributed by atoms with Crippen molar-refractivity contribution in [1.82, 2.24) is 4.90 Å². The van der Waals surface area contributed by atoms with Crippen LogP contribution in [0.5, 0.6) is 0 Å². The van der Waals surface area contributed by atoms with Crippen molar-refractivity contribution in [3.63, 3.8) is 0 Å². The molecule has 0 radical (unpaired) electrons. The van der Waals surface area contributed by atoms with Crippen molar-refractivity contribution < 1.29 is 4.42 Å². The number of fused-ring (bicyclic) bond motifs is 1. The summed E-state index contributed by atoms with van der Waals surface area (Å²) in [6.07, 6.45) is 2.63. The summed E-state index contributed by atoms with van der Waals surface area (Å²) in [5.41, 5.74) is 8.02. The molecule has 0 unspecified atom stereocenters. The lowest BCUT2D eigenvalue weighted by Gasteiger charge is -2.14. The predicted octanol–water partition coefficient (Wildman–Crippen LogP) is 2.49. The SMILES string of the molecule is NCc1oc2ccccc2c1CN1CCCC1. The smallest absolute Gasteiger partial charge is 0.134 e. The van der Waals surface area contributed by atoms with Crippen LogP contribution in [-0.2, 0) is 13.1 Å². The lowest BCUT2D eigenvalue weighted by molar-refractivity contribution is 0.328. The van der Waals surface area contributed by atoms with E-state index in [1.165, 1.54) is 36.9 Å². The van der Waals surface area contributed by atoms with Crippen LogP contribution < -0.4 is 5.73 Å². The molecule has 0 aliphatic carbocycles. The fourth-order valence-electron chi connectivity index (χ4n) is 2.65. The maximum absolute atomic E-state index is 5.81. The summed E-state index contributed by atoms with van der Waals surface area (Å²) in [5, 5.41) is 1.22. The molecule has 0 bridgehead atoms. The van der Waals surface area contributed by atoms with E-state index in [0.717, 1.165) is 17.9 Å². The molecular formula is C14H18N2O. The summed E-state index contributed by atoms with van der Waals surface area (Å²) >= 11 is 0. The minimum Gasteiger partial charge on any atom is -0.459 e. The first-order valence-electron chi connectivity index (χ1n) is 6.30. The second-order valence-electron chi connectivity index (χ2n) is 4.69. The van der Waals surface area contributed by atoms with E-state index >= 15 is 0 Å². The van der Waals surface area contributed by atoms with Gasteiger partial charge in [0.15, 0.2) is 0 Å². The number of benzene rings is 1. The Labute approximate surface area is 101 Å². The second-order valence-corrected chi connectivity index (χ2v) is 4.69. The van der Waals surface area contributed by atoms with Crippen LogP contribution in [0.15, 0.2) is 28.7 Å². The minimum atomic E-state index is 0.484. The third-order valence-electron chi connectivity index (χ3n) is 3.55. The lowest BCUT2D eigenvalue weighted by atomic mass is 10.1. The van der Waals surface area contributed by atoms with Gasteiger partial charge in [-0.05, 0) is 32.0 Å². The van der Waals surface area contributed by atoms with Gasteiger partial charge < -0.3 is 10.2 Å². The molecule has 0 atom stereocenters. The zero-order valence-corrected chi connectivity index (χ0v) is 9.98. The molecular weight excluding hydrogens is 212 g/mol. The van der Waals surface area contributed by atoms with Gasteiger partial charge in [-0.15, -0.1) is 0 Å². The Morgan fingerprint density at radius 2 is 1.94 bits per heavy atom. The lowest BCUT2D eigenvalue weighted by Crippen LogP contribution is -2.19. The van der Waals surface area contributed by atoms with Gasteiger partial charge in [0.05, 0.1) is 6.54 Å². The zero-order chi connectivity index (χ0) is 11.7. The topological polar surface area (TPSA) is 42.4 Å². The van der Waals surface area contributed by atoms with E-state index in [-0.39, 0.29) is 0 Å². The summed E-state index contributed by atoms with van der Waals surface area (Å²) in [5.74, 6) is 0.943. The maximum Gasteiger partial charge on any atom is 0.134 e. The Hall–Kier alpha value is -1.32. The van der Waals surface area contributed by atoms with Gasteiger partial charge in [-0.1, -0.05) is 18.2 Å². The summed E-state index contributed by atoms with van der Waals surface area (Å²) in [7, 11) is 0. The van der Waals surface area contributed by atoms with Crippen molar-refractivity contribution in [2.45, 2.75) is 25.9 Å². The second kappa shape index (κ2) is 4.51. The molecule has 2 heterocycles. The third kappa shape index (κ3) is 1.96. The monoisotopic (exact) mass is 230 g/mol. The van der Waals surface area contributed by atoms with Crippen LogP contribution in [0.25, 0.3) is 11.0 Å². The largest absolute Gasteiger partial charge is 0.459 e. The molecule has 0 amide bonds. The molecule has 90 valence electrons. The number of nitrogens with two attached hydrogens (primary N) is 1. The molecule has 1 aromatic carbocycles. The average molecular weight is 230 g/mol. The molecule has 2 N–H and O–H groups in total. The van der Waals surface area contributed by atoms with Gasteiger partial charge in [0, 0.05) is 17.5 Å². The van der Waals surface area contributed by atoms with Crippen molar-refractivity contribution in [2.75, 3.05) is 13.1 Å². The number of rotatable bonds is 3. The zero-order valence-electron chi connectivity index (χ0n) is 9.98. The number of para-hydroxylation sites is 1. The Balaban J connectivity index is 1.99. The molecule has 0 saturated carbocycles. The molecule has 1 aromatic heterocycles. The molecule has 3 heteroatoms. The highest BCUT2D eigenvalue weighted by Crippen LogP contribution is 2.27. The van der Waals surface area contributed by atoms with Crippen LogP contribution in [0, 0.1) is 0 Å². The predicted molar refractivity (Wildman–Crippen MR) is 68.6 cm³/mol. The van der Waals surface area contributed by atoms with Crippen LogP contribution in [0.3, 0.4) is 0 Å². The van der Waals surface area contributed by atoms with Crippen LogP contribution >= 0.6 is 0 Å². The first-order chi connectivity index (χ1) is 8.38. The van der Waals surface area contributed by atoms with E-state index in [4.69, 9.17) is 10.2 Å². The van der Waals surface area contributed by atoms with E-state index in [2.05, 4.69) is 17.0 Å². The van der Waals surface area contributed by atoms with Gasteiger partial charge in [-0.2, -0.15) is 0 Å². The van der Waals surface area contributed by atoms with Gasteiger partial charge in [-0.3, -0.25) is 4.90 Å². The fraction of sp³-hybridized carbons (Fsp3) is 0.429. The van der Waals surface area contributed by atoms with Gasteiger partial charge in [-0.25, -0.2) is 0 Å².